The van der Waals surface area contributed by atoms with E-state index >= 15 is 0 Å². The fourth-order valence-corrected chi connectivity index (χ4v) is 5.37. The van der Waals surface area contributed by atoms with E-state index < -0.39 is 0 Å². The molecule has 1 unspecified atom stereocenters. The van der Waals surface area contributed by atoms with Crippen LogP contribution in [0.2, 0.25) is 0 Å². The zero-order valence-corrected chi connectivity index (χ0v) is 21.4. The Balaban J connectivity index is 1.12. The number of hydrogen-bond donors (Lipinski definition) is 3. The predicted octanol–water partition coefficient (Wildman–Crippen LogP) is 4.42. The van der Waals surface area contributed by atoms with Gasteiger partial charge in [-0.05, 0) is 66.8 Å². The Morgan fingerprint density at radius 3 is 2.34 bits per heavy atom. The maximum atomic E-state index is 13.3. The second kappa shape index (κ2) is 10.6. The molecule has 38 heavy (non-hydrogen) atoms. The third kappa shape index (κ3) is 5.04. The summed E-state index contributed by atoms with van der Waals surface area (Å²) in [6.07, 6.45) is 3.62. The van der Waals surface area contributed by atoms with E-state index in [4.69, 9.17) is 20.6 Å². The summed E-state index contributed by atoms with van der Waals surface area (Å²) in [5.41, 5.74) is 9.92. The van der Waals surface area contributed by atoms with Gasteiger partial charge in [-0.1, -0.05) is 36.8 Å². The largest absolute Gasteiger partial charge is 0.488 e. The van der Waals surface area contributed by atoms with Gasteiger partial charge in [0, 0.05) is 35.5 Å². The van der Waals surface area contributed by atoms with Gasteiger partial charge < -0.3 is 20.5 Å². The average Bonchev–Trinajstić information content (AvgIpc) is 2.85. The molecule has 0 bridgehead atoms. The van der Waals surface area contributed by atoms with E-state index in [0.29, 0.717) is 28.8 Å². The summed E-state index contributed by atoms with van der Waals surface area (Å²) in [7, 11) is 0. The molecule has 0 radical (unpaired) electrons. The SMILES string of the molecule is N=C(c1ccc(OC2CN(C3COC3)C2)cc1)c1cc(C(=O)NC(c2ccccc2)C2CCC2)ccc1N. The molecule has 7 heteroatoms. The first-order valence-corrected chi connectivity index (χ1v) is 13.5. The van der Waals surface area contributed by atoms with E-state index in [2.05, 4.69) is 22.3 Å². The number of rotatable bonds is 9. The highest BCUT2D eigenvalue weighted by Gasteiger charge is 2.37. The van der Waals surface area contributed by atoms with Gasteiger partial charge >= 0.3 is 0 Å². The highest BCUT2D eigenvalue weighted by Crippen LogP contribution is 2.38. The van der Waals surface area contributed by atoms with Crippen LogP contribution in [0.5, 0.6) is 5.75 Å². The molecule has 2 saturated heterocycles. The lowest BCUT2D eigenvalue weighted by Crippen LogP contribution is -2.62. The van der Waals surface area contributed by atoms with Crippen LogP contribution in [0.4, 0.5) is 5.69 Å². The molecule has 3 fully saturated rings. The lowest BCUT2D eigenvalue weighted by molar-refractivity contribution is -0.115. The van der Waals surface area contributed by atoms with E-state index in [1.807, 2.05) is 42.5 Å². The van der Waals surface area contributed by atoms with Gasteiger partial charge in [-0.25, -0.2) is 0 Å². The van der Waals surface area contributed by atoms with E-state index in [9.17, 15) is 4.79 Å². The van der Waals surface area contributed by atoms with Crippen molar-refractivity contribution in [2.75, 3.05) is 32.0 Å². The standard InChI is InChI=1S/C31H34N4O3/c32-28-14-11-23(31(36)34-30(22-7-4-8-22)21-5-2-1-3-6-21)15-27(28)29(33)20-9-12-25(13-10-20)38-26-16-35(17-26)24-18-37-19-24/h1-3,5-6,9-15,22,24,26,30,33H,4,7-8,16-19,32H2,(H,34,36). The van der Waals surface area contributed by atoms with Crippen molar-refractivity contribution in [3.8, 4) is 5.75 Å². The first-order chi connectivity index (χ1) is 18.5. The second-order valence-corrected chi connectivity index (χ2v) is 10.6. The smallest absolute Gasteiger partial charge is 0.251 e. The molecule has 3 aromatic rings. The molecule has 3 aliphatic rings. The predicted molar refractivity (Wildman–Crippen MR) is 148 cm³/mol. The van der Waals surface area contributed by atoms with Gasteiger partial charge in [-0.3, -0.25) is 15.1 Å². The maximum absolute atomic E-state index is 13.3. The Hall–Kier alpha value is -3.68. The summed E-state index contributed by atoms with van der Waals surface area (Å²) in [5.74, 6) is 1.09. The zero-order chi connectivity index (χ0) is 26.1. The van der Waals surface area contributed by atoms with Crippen molar-refractivity contribution in [2.45, 2.75) is 37.5 Å². The van der Waals surface area contributed by atoms with Crippen LogP contribution in [0.1, 0.15) is 52.4 Å². The summed E-state index contributed by atoms with van der Waals surface area (Å²) in [6.45, 7) is 3.49. The minimum Gasteiger partial charge on any atom is -0.488 e. The molecule has 1 amide bonds. The normalized spacial score (nSPS) is 19.1. The van der Waals surface area contributed by atoms with Crippen LogP contribution in [-0.4, -0.2) is 55.0 Å². The molecule has 3 aromatic carbocycles. The number of ether oxygens (including phenoxy) is 2. The van der Waals surface area contributed by atoms with Crippen LogP contribution in [0.3, 0.4) is 0 Å². The van der Waals surface area contributed by atoms with Gasteiger partial charge in [0.15, 0.2) is 0 Å². The van der Waals surface area contributed by atoms with Crippen molar-refractivity contribution in [2.24, 2.45) is 5.92 Å². The van der Waals surface area contributed by atoms with E-state index in [1.165, 1.54) is 6.42 Å². The van der Waals surface area contributed by atoms with Crippen molar-refractivity contribution in [1.29, 1.82) is 5.41 Å². The van der Waals surface area contributed by atoms with E-state index in [1.54, 1.807) is 18.2 Å². The van der Waals surface area contributed by atoms with Gasteiger partial charge in [0.05, 0.1) is 31.0 Å². The second-order valence-electron chi connectivity index (χ2n) is 10.6. The lowest BCUT2D eigenvalue weighted by atomic mass is 9.77. The first kappa shape index (κ1) is 24.6. The summed E-state index contributed by atoms with van der Waals surface area (Å²) < 4.78 is 11.4. The highest BCUT2D eigenvalue weighted by atomic mass is 16.5. The Kier molecular flexibility index (Phi) is 6.87. The molecule has 1 saturated carbocycles. The summed E-state index contributed by atoms with van der Waals surface area (Å²) >= 11 is 0. The Bertz CT molecular complexity index is 1300. The maximum Gasteiger partial charge on any atom is 0.251 e. The Morgan fingerprint density at radius 2 is 1.71 bits per heavy atom. The van der Waals surface area contributed by atoms with Crippen molar-refractivity contribution in [3.63, 3.8) is 0 Å². The van der Waals surface area contributed by atoms with Crippen molar-refractivity contribution >= 4 is 17.3 Å². The number of hydrogen-bond acceptors (Lipinski definition) is 6. The molecule has 0 spiro atoms. The third-order valence-corrected chi connectivity index (χ3v) is 8.11. The van der Waals surface area contributed by atoms with Gasteiger partial charge in [-0.15, -0.1) is 0 Å². The van der Waals surface area contributed by atoms with Crippen LogP contribution in [-0.2, 0) is 4.74 Å². The van der Waals surface area contributed by atoms with Gasteiger partial charge in [0.2, 0.25) is 0 Å². The van der Waals surface area contributed by atoms with Crippen LogP contribution < -0.4 is 15.8 Å². The van der Waals surface area contributed by atoms with Gasteiger partial charge in [0.1, 0.15) is 11.9 Å². The van der Waals surface area contributed by atoms with Crippen LogP contribution >= 0.6 is 0 Å². The third-order valence-electron chi connectivity index (χ3n) is 8.11. The number of nitrogens with one attached hydrogen (secondary N) is 2. The number of amides is 1. The minimum atomic E-state index is -0.147. The Morgan fingerprint density at radius 1 is 1.00 bits per heavy atom. The number of nitrogens with zero attached hydrogens (tertiary/aromatic N) is 1. The molecule has 196 valence electrons. The molecule has 2 aliphatic heterocycles. The molecule has 2 heterocycles. The molecule has 1 aliphatic carbocycles. The zero-order valence-electron chi connectivity index (χ0n) is 21.4. The topological polar surface area (TPSA) is 101 Å². The molecule has 6 rings (SSSR count). The summed E-state index contributed by atoms with van der Waals surface area (Å²) in [6, 6.07) is 23.4. The summed E-state index contributed by atoms with van der Waals surface area (Å²) in [4.78, 5) is 15.7. The lowest BCUT2D eigenvalue weighted by Gasteiger charge is -2.46. The number of nitrogen functional groups attached to an aromatic ring is 1. The van der Waals surface area contributed by atoms with Crippen LogP contribution in [0, 0.1) is 11.3 Å². The number of benzene rings is 3. The highest BCUT2D eigenvalue weighted by molar-refractivity contribution is 6.14. The average molecular weight is 511 g/mol. The number of likely N-dealkylation sites (tertiary alicyclic amines) is 1. The van der Waals surface area contributed by atoms with E-state index in [-0.39, 0.29) is 23.8 Å². The number of nitrogens with two attached hydrogens (primary N) is 1. The van der Waals surface area contributed by atoms with Crippen LogP contribution in [0.25, 0.3) is 0 Å². The Labute approximate surface area is 223 Å². The van der Waals surface area contributed by atoms with Gasteiger partial charge in [-0.2, -0.15) is 0 Å². The number of anilines is 1. The summed E-state index contributed by atoms with van der Waals surface area (Å²) in [5, 5.41) is 12.1. The van der Waals surface area contributed by atoms with Crippen molar-refractivity contribution in [1.82, 2.24) is 10.2 Å². The molecule has 0 aromatic heterocycles. The van der Waals surface area contributed by atoms with Crippen molar-refractivity contribution < 1.29 is 14.3 Å². The van der Waals surface area contributed by atoms with E-state index in [0.717, 1.165) is 56.0 Å². The van der Waals surface area contributed by atoms with Crippen LogP contribution in [0.15, 0.2) is 72.8 Å². The van der Waals surface area contributed by atoms with Crippen molar-refractivity contribution in [3.05, 3.63) is 95.1 Å². The number of carbonyl (C=O) groups is 1. The quantitative estimate of drug-likeness (QED) is 0.292. The minimum absolute atomic E-state index is 0.0183. The molecular weight excluding hydrogens is 476 g/mol. The molecule has 4 N–H and O–H groups in total. The molecular formula is C31H34N4O3. The van der Waals surface area contributed by atoms with Gasteiger partial charge in [0.25, 0.3) is 5.91 Å². The monoisotopic (exact) mass is 510 g/mol. The number of carbonyl (C=O) groups excluding carboxylic acids is 1. The molecule has 1 atom stereocenters. The fourth-order valence-electron chi connectivity index (χ4n) is 5.37. The first-order valence-electron chi connectivity index (χ1n) is 13.5. The molecule has 7 nitrogen and oxygen atoms in total. The fraction of sp³-hybridized carbons (Fsp3) is 0.355.